The van der Waals surface area contributed by atoms with Crippen LogP contribution in [0.3, 0.4) is 0 Å². The quantitative estimate of drug-likeness (QED) is 0.556. The summed E-state index contributed by atoms with van der Waals surface area (Å²) in [5.41, 5.74) is 2.89. The van der Waals surface area contributed by atoms with Gasteiger partial charge in [-0.15, -0.1) is 0 Å². The predicted octanol–water partition coefficient (Wildman–Crippen LogP) is 5.87. The second kappa shape index (κ2) is 9.68. The molecule has 174 valence electrons. The van der Waals surface area contributed by atoms with Crippen molar-refractivity contribution in [3.63, 3.8) is 0 Å². The summed E-state index contributed by atoms with van der Waals surface area (Å²) >= 11 is 0. The van der Waals surface area contributed by atoms with Crippen LogP contribution in [0, 0.1) is 6.92 Å². The Morgan fingerprint density at radius 2 is 1.91 bits per heavy atom. The Labute approximate surface area is 192 Å². The number of carbonyl (C=O) groups excluding carboxylic acids is 2. The maximum atomic E-state index is 13.4. The number of benzene rings is 1. The van der Waals surface area contributed by atoms with Gasteiger partial charge in [-0.3, -0.25) is 9.59 Å². The Bertz CT molecular complexity index is 905. The molecule has 5 heteroatoms. The monoisotopic (exact) mass is 439 g/mol. The molecule has 1 spiro atoms. The van der Waals surface area contributed by atoms with Crippen LogP contribution in [-0.2, 0) is 4.79 Å². The molecule has 0 atom stereocenters. The Hall–Kier alpha value is -2.30. The van der Waals surface area contributed by atoms with Gasteiger partial charge in [0.25, 0.3) is 0 Å². The summed E-state index contributed by atoms with van der Waals surface area (Å²) in [6.45, 7) is 5.76. The molecule has 2 aliphatic heterocycles. The van der Waals surface area contributed by atoms with Crippen molar-refractivity contribution >= 4 is 17.3 Å². The molecule has 4 rings (SSSR count). The molecule has 0 N–H and O–H groups in total. The van der Waals surface area contributed by atoms with Crippen LogP contribution in [0.4, 0.5) is 0 Å². The van der Waals surface area contributed by atoms with E-state index >= 15 is 0 Å². The van der Waals surface area contributed by atoms with Crippen molar-refractivity contribution in [1.82, 2.24) is 4.90 Å². The van der Waals surface area contributed by atoms with Gasteiger partial charge in [-0.05, 0) is 69.1 Å². The zero-order valence-electron chi connectivity index (χ0n) is 19.9. The Kier molecular flexibility index (Phi) is 6.92. The van der Waals surface area contributed by atoms with Crippen molar-refractivity contribution in [2.24, 2.45) is 0 Å². The van der Waals surface area contributed by atoms with Gasteiger partial charge in [0, 0.05) is 13.1 Å². The number of carbonyl (C=O) groups is 2. The minimum absolute atomic E-state index is 0.149. The lowest BCUT2D eigenvalue weighted by atomic mass is 9.77. The van der Waals surface area contributed by atoms with E-state index in [1.807, 2.05) is 17.9 Å². The zero-order valence-corrected chi connectivity index (χ0v) is 19.9. The van der Waals surface area contributed by atoms with E-state index in [1.54, 1.807) is 7.11 Å². The molecular formula is C27H37NO4. The molecule has 1 saturated heterocycles. The van der Waals surface area contributed by atoms with E-state index in [1.165, 1.54) is 6.42 Å². The Morgan fingerprint density at radius 1 is 1.19 bits per heavy atom. The number of rotatable bonds is 6. The predicted molar refractivity (Wildman–Crippen MR) is 126 cm³/mol. The van der Waals surface area contributed by atoms with E-state index in [4.69, 9.17) is 9.47 Å². The van der Waals surface area contributed by atoms with Crippen LogP contribution in [0.5, 0.6) is 11.5 Å². The lowest BCUT2D eigenvalue weighted by Gasteiger charge is -2.42. The van der Waals surface area contributed by atoms with Crippen molar-refractivity contribution in [3.05, 3.63) is 28.8 Å². The van der Waals surface area contributed by atoms with Crippen LogP contribution in [-0.4, -0.2) is 42.4 Å². The van der Waals surface area contributed by atoms with Crippen LogP contribution >= 0.6 is 0 Å². The summed E-state index contributed by atoms with van der Waals surface area (Å²) in [5, 5.41) is 0. The topological polar surface area (TPSA) is 55.8 Å². The first-order chi connectivity index (χ1) is 15.5. The molecule has 2 fully saturated rings. The van der Waals surface area contributed by atoms with Gasteiger partial charge >= 0.3 is 0 Å². The number of ether oxygens (including phenoxy) is 2. The average Bonchev–Trinajstić information content (AvgIpc) is 3.31. The molecule has 1 amide bonds. The maximum Gasteiger partial charge on any atom is 0.227 e. The van der Waals surface area contributed by atoms with Crippen LogP contribution < -0.4 is 9.47 Å². The highest BCUT2D eigenvalue weighted by Gasteiger charge is 2.43. The summed E-state index contributed by atoms with van der Waals surface area (Å²) in [7, 11) is 1.66. The van der Waals surface area contributed by atoms with Gasteiger partial charge in [-0.25, -0.2) is 0 Å². The van der Waals surface area contributed by atoms with Crippen molar-refractivity contribution in [2.75, 3.05) is 20.2 Å². The second-order valence-electron chi connectivity index (χ2n) is 9.70. The normalized spacial score (nSPS) is 20.3. The van der Waals surface area contributed by atoms with Gasteiger partial charge in [0.15, 0.2) is 5.78 Å². The number of Topliss-reactive ketones (excluding diaryl/α,β-unsaturated/α-hetero) is 1. The molecule has 0 bridgehead atoms. The number of fused-ring (bicyclic) bond motifs is 1. The van der Waals surface area contributed by atoms with Gasteiger partial charge in [-0.2, -0.15) is 0 Å². The molecular weight excluding hydrogens is 402 g/mol. The largest absolute Gasteiger partial charge is 0.496 e. The zero-order chi connectivity index (χ0) is 22.7. The number of hydrogen-bond acceptors (Lipinski definition) is 4. The number of amides is 1. The van der Waals surface area contributed by atoms with Crippen LogP contribution in [0.15, 0.2) is 12.1 Å². The SMILES string of the molecule is CCC/C=C(\CC(=O)N1CCCC1)c1c(OC)cc(C)c2c1OC1(CCCCC1)CC2=O. The fourth-order valence-electron chi connectivity index (χ4n) is 5.60. The molecule has 32 heavy (non-hydrogen) atoms. The Morgan fingerprint density at radius 3 is 2.56 bits per heavy atom. The van der Waals surface area contributed by atoms with E-state index in [2.05, 4.69) is 13.0 Å². The summed E-state index contributed by atoms with van der Waals surface area (Å²) in [4.78, 5) is 28.5. The highest BCUT2D eigenvalue weighted by molar-refractivity contribution is 6.05. The van der Waals surface area contributed by atoms with Gasteiger partial charge in [0.05, 0.1) is 31.1 Å². The van der Waals surface area contributed by atoms with Crippen molar-refractivity contribution in [2.45, 2.75) is 90.1 Å². The maximum absolute atomic E-state index is 13.4. The minimum Gasteiger partial charge on any atom is -0.496 e. The molecule has 1 saturated carbocycles. The van der Waals surface area contributed by atoms with Crippen LogP contribution in [0.1, 0.15) is 99.0 Å². The number of hydrogen-bond donors (Lipinski definition) is 0. The van der Waals surface area contributed by atoms with Gasteiger partial charge in [-0.1, -0.05) is 25.8 Å². The molecule has 0 unspecified atom stereocenters. The van der Waals surface area contributed by atoms with E-state index < -0.39 is 5.60 Å². The molecule has 1 aromatic carbocycles. The number of likely N-dealkylation sites (tertiary alicyclic amines) is 1. The smallest absolute Gasteiger partial charge is 0.227 e. The average molecular weight is 440 g/mol. The fraction of sp³-hybridized carbons (Fsp3) is 0.630. The lowest BCUT2D eigenvalue weighted by molar-refractivity contribution is -0.128. The highest BCUT2D eigenvalue weighted by Crippen LogP contribution is 2.49. The molecule has 0 radical (unpaired) electrons. The number of nitrogens with zero attached hydrogens (tertiary/aromatic N) is 1. The summed E-state index contributed by atoms with van der Waals surface area (Å²) in [6.07, 6.45) is 12.1. The lowest BCUT2D eigenvalue weighted by Crippen LogP contribution is -2.44. The number of aryl methyl sites for hydroxylation is 1. The summed E-state index contributed by atoms with van der Waals surface area (Å²) in [6, 6.07) is 1.94. The highest BCUT2D eigenvalue weighted by atomic mass is 16.5. The molecule has 1 aliphatic carbocycles. The van der Waals surface area contributed by atoms with E-state index in [0.29, 0.717) is 29.9 Å². The van der Waals surface area contributed by atoms with Gasteiger partial charge < -0.3 is 14.4 Å². The van der Waals surface area contributed by atoms with Crippen LogP contribution in [0.2, 0.25) is 0 Å². The first-order valence-electron chi connectivity index (χ1n) is 12.4. The first-order valence-corrected chi connectivity index (χ1v) is 12.4. The molecule has 0 aromatic heterocycles. The molecule has 5 nitrogen and oxygen atoms in total. The van der Waals surface area contributed by atoms with Gasteiger partial charge in [0.1, 0.15) is 17.1 Å². The number of unbranched alkanes of at least 4 members (excludes halogenated alkanes) is 1. The summed E-state index contributed by atoms with van der Waals surface area (Å²) < 4.78 is 12.6. The third-order valence-electron chi connectivity index (χ3n) is 7.31. The van der Waals surface area contributed by atoms with Crippen molar-refractivity contribution in [3.8, 4) is 11.5 Å². The van der Waals surface area contributed by atoms with E-state index in [-0.39, 0.29) is 11.7 Å². The Balaban J connectivity index is 1.81. The first kappa shape index (κ1) is 22.9. The molecule has 3 aliphatic rings. The number of methoxy groups -OCH3 is 1. The van der Waals surface area contributed by atoms with Crippen LogP contribution in [0.25, 0.3) is 5.57 Å². The molecule has 1 aromatic rings. The standard InChI is InChI=1S/C27H37NO4/c1-4-5-11-20(17-23(30)28-14-9-10-15-28)25-22(31-3)16-19(2)24-21(29)18-27(32-26(24)25)12-7-6-8-13-27/h11,16H,4-10,12-15,17-18H2,1-3H3/b20-11+. The summed E-state index contributed by atoms with van der Waals surface area (Å²) in [5.74, 6) is 1.65. The van der Waals surface area contributed by atoms with E-state index in [0.717, 1.165) is 81.2 Å². The number of allylic oxidation sites excluding steroid dienone is 1. The third-order valence-corrected chi connectivity index (χ3v) is 7.31. The fourth-order valence-corrected chi connectivity index (χ4v) is 5.60. The second-order valence-corrected chi connectivity index (χ2v) is 9.70. The third kappa shape index (κ3) is 4.44. The molecule has 2 heterocycles. The van der Waals surface area contributed by atoms with Crippen molar-refractivity contribution in [1.29, 1.82) is 0 Å². The van der Waals surface area contributed by atoms with E-state index in [9.17, 15) is 9.59 Å². The minimum atomic E-state index is -0.412. The number of ketones is 1. The van der Waals surface area contributed by atoms with Crippen molar-refractivity contribution < 1.29 is 19.1 Å². The van der Waals surface area contributed by atoms with Gasteiger partial charge in [0.2, 0.25) is 5.91 Å².